The Kier molecular flexibility index (Phi) is 14.9. The molecule has 1 aliphatic rings. The van der Waals surface area contributed by atoms with E-state index in [9.17, 15) is 22.8 Å². The fraction of sp³-hybridized carbons (Fsp3) is 0.349. The standard InChI is InChI=1S/C43H49F3N4O5/c1-47(31-36-9-6-10-39(29-36)55-28-25-51)21-22-48(2)42(53)40(30-34-7-4-3-5-8-34)50(32-35-13-18-38(19-14-35)49-23-26-54-27-24-49)41(52)20-15-33-11-16-37(17-12-33)43(44,45)46/h3-20,29,40,51H,21-28,30-32H2,1-2H3. The van der Waals surface area contributed by atoms with Gasteiger partial charge in [0.2, 0.25) is 11.8 Å². The summed E-state index contributed by atoms with van der Waals surface area (Å²) in [6, 6.07) is 28.8. The van der Waals surface area contributed by atoms with Gasteiger partial charge in [0.1, 0.15) is 18.4 Å². The van der Waals surface area contributed by atoms with Crippen molar-refractivity contribution in [2.75, 3.05) is 71.6 Å². The number of hydrogen-bond donors (Lipinski definition) is 1. The summed E-state index contributed by atoms with van der Waals surface area (Å²) in [5.41, 5.74) is 3.41. The summed E-state index contributed by atoms with van der Waals surface area (Å²) in [6.07, 6.45) is -1.42. The fourth-order valence-corrected chi connectivity index (χ4v) is 6.36. The molecule has 1 fully saturated rings. The molecule has 0 saturated carbocycles. The lowest BCUT2D eigenvalue weighted by atomic mass is 10.0. The third-order valence-electron chi connectivity index (χ3n) is 9.44. The van der Waals surface area contributed by atoms with Crippen LogP contribution in [0.4, 0.5) is 18.9 Å². The van der Waals surface area contributed by atoms with Gasteiger partial charge in [0.05, 0.1) is 25.4 Å². The number of halogens is 3. The summed E-state index contributed by atoms with van der Waals surface area (Å²) in [4.78, 5) is 36.2. The van der Waals surface area contributed by atoms with Crippen molar-refractivity contribution in [1.82, 2.24) is 14.7 Å². The second kappa shape index (κ2) is 19.9. The molecule has 0 radical (unpaired) electrons. The van der Waals surface area contributed by atoms with Crippen molar-refractivity contribution in [2.24, 2.45) is 0 Å². The maximum absolute atomic E-state index is 14.5. The molecule has 1 aliphatic heterocycles. The lowest BCUT2D eigenvalue weighted by Crippen LogP contribution is -2.51. The van der Waals surface area contributed by atoms with E-state index in [-0.39, 0.29) is 32.1 Å². The van der Waals surface area contributed by atoms with Gasteiger partial charge in [0, 0.05) is 64.5 Å². The molecule has 55 heavy (non-hydrogen) atoms. The van der Waals surface area contributed by atoms with Crippen molar-refractivity contribution in [1.29, 1.82) is 0 Å². The lowest BCUT2D eigenvalue weighted by Gasteiger charge is -2.34. The molecule has 0 spiro atoms. The van der Waals surface area contributed by atoms with Crippen LogP contribution in [0, 0.1) is 0 Å². The first-order valence-corrected chi connectivity index (χ1v) is 18.4. The van der Waals surface area contributed by atoms with E-state index in [0.717, 1.165) is 47.6 Å². The third kappa shape index (κ3) is 12.4. The number of carbonyl (C=O) groups excluding carboxylic acids is 2. The number of benzene rings is 4. The summed E-state index contributed by atoms with van der Waals surface area (Å²) in [5.74, 6) is -0.0120. The number of nitrogens with zero attached hydrogens (tertiary/aromatic N) is 4. The topological polar surface area (TPSA) is 85.8 Å². The Morgan fingerprint density at radius 2 is 1.55 bits per heavy atom. The first-order chi connectivity index (χ1) is 26.5. The minimum atomic E-state index is -4.47. The molecule has 1 saturated heterocycles. The molecule has 0 bridgehead atoms. The van der Waals surface area contributed by atoms with E-state index in [2.05, 4.69) is 9.80 Å². The van der Waals surface area contributed by atoms with Gasteiger partial charge in [-0.25, -0.2) is 0 Å². The van der Waals surface area contributed by atoms with E-state index in [1.165, 1.54) is 24.3 Å². The predicted octanol–water partition coefficient (Wildman–Crippen LogP) is 6.16. The summed E-state index contributed by atoms with van der Waals surface area (Å²) in [6.45, 7) is 4.65. The maximum Gasteiger partial charge on any atom is 0.416 e. The Balaban J connectivity index is 1.38. The number of aliphatic hydroxyl groups is 1. The van der Waals surface area contributed by atoms with Crippen molar-refractivity contribution >= 4 is 23.6 Å². The number of alkyl halides is 3. The highest BCUT2D eigenvalue weighted by Gasteiger charge is 2.32. The molecule has 1 heterocycles. The molecule has 1 atom stereocenters. The molecular formula is C43H49F3N4O5. The first kappa shape index (κ1) is 41.0. The molecule has 12 heteroatoms. The minimum absolute atomic E-state index is 0.0740. The average molecular weight is 759 g/mol. The molecule has 1 N–H and O–H groups in total. The Labute approximate surface area is 321 Å². The molecule has 1 unspecified atom stereocenters. The number of morpholine rings is 1. The smallest absolute Gasteiger partial charge is 0.416 e. The minimum Gasteiger partial charge on any atom is -0.491 e. The zero-order valence-corrected chi connectivity index (χ0v) is 31.3. The van der Waals surface area contributed by atoms with Crippen LogP contribution in [-0.4, -0.2) is 104 Å². The van der Waals surface area contributed by atoms with Crippen LogP contribution in [0.5, 0.6) is 5.75 Å². The number of hydrogen-bond acceptors (Lipinski definition) is 7. The number of carbonyl (C=O) groups is 2. The van der Waals surface area contributed by atoms with Gasteiger partial charge in [-0.15, -0.1) is 0 Å². The zero-order valence-electron chi connectivity index (χ0n) is 31.3. The molecule has 2 amide bonds. The fourth-order valence-electron chi connectivity index (χ4n) is 6.36. The van der Waals surface area contributed by atoms with E-state index in [1.54, 1.807) is 16.8 Å². The second-order valence-electron chi connectivity index (χ2n) is 13.6. The highest BCUT2D eigenvalue weighted by Crippen LogP contribution is 2.29. The van der Waals surface area contributed by atoms with Gasteiger partial charge in [-0.1, -0.05) is 66.7 Å². The summed E-state index contributed by atoms with van der Waals surface area (Å²) < 4.78 is 50.6. The molecule has 5 rings (SSSR count). The number of aliphatic hydroxyl groups excluding tert-OH is 1. The monoisotopic (exact) mass is 758 g/mol. The Bertz CT molecular complexity index is 1830. The first-order valence-electron chi connectivity index (χ1n) is 18.4. The predicted molar refractivity (Wildman–Crippen MR) is 207 cm³/mol. The second-order valence-corrected chi connectivity index (χ2v) is 13.6. The van der Waals surface area contributed by atoms with Crippen molar-refractivity contribution in [3.05, 3.63) is 137 Å². The number of rotatable bonds is 17. The Hall–Kier alpha value is -5.17. The molecule has 4 aromatic rings. The van der Waals surface area contributed by atoms with Crippen LogP contribution in [0.2, 0.25) is 0 Å². The van der Waals surface area contributed by atoms with Gasteiger partial charge in [0.25, 0.3) is 0 Å². The SMILES string of the molecule is CN(CCN(C)C(=O)C(Cc1ccccc1)N(Cc1ccc(N2CCOCC2)cc1)C(=O)C=Cc1ccc(C(F)(F)F)cc1)Cc1cccc(OCCO)c1. The molecule has 0 aliphatic carbocycles. The van der Waals surface area contributed by atoms with Crippen LogP contribution in [-0.2, 0) is 40.0 Å². The van der Waals surface area contributed by atoms with Crippen LogP contribution in [0.3, 0.4) is 0 Å². The van der Waals surface area contributed by atoms with Gasteiger partial charge < -0.3 is 34.2 Å². The van der Waals surface area contributed by atoms with Gasteiger partial charge in [0.15, 0.2) is 0 Å². The van der Waals surface area contributed by atoms with Crippen LogP contribution in [0.1, 0.15) is 27.8 Å². The van der Waals surface area contributed by atoms with Gasteiger partial charge in [-0.05, 0) is 71.8 Å². The van der Waals surface area contributed by atoms with Gasteiger partial charge >= 0.3 is 6.18 Å². The van der Waals surface area contributed by atoms with Gasteiger partial charge in [-0.3, -0.25) is 9.59 Å². The average Bonchev–Trinajstić information content (AvgIpc) is 3.20. The summed E-state index contributed by atoms with van der Waals surface area (Å²) in [5, 5.41) is 9.10. The van der Waals surface area contributed by atoms with E-state index >= 15 is 0 Å². The van der Waals surface area contributed by atoms with Crippen molar-refractivity contribution < 1.29 is 37.3 Å². The molecular weight excluding hydrogens is 709 g/mol. The molecule has 9 nitrogen and oxygen atoms in total. The third-order valence-corrected chi connectivity index (χ3v) is 9.44. The lowest BCUT2D eigenvalue weighted by molar-refractivity contribution is -0.143. The molecule has 4 aromatic carbocycles. The van der Waals surface area contributed by atoms with Crippen molar-refractivity contribution in [3.8, 4) is 5.75 Å². The Morgan fingerprint density at radius 1 is 0.855 bits per heavy atom. The summed E-state index contributed by atoms with van der Waals surface area (Å²) >= 11 is 0. The number of likely N-dealkylation sites (N-methyl/N-ethyl adjacent to an activating group) is 2. The maximum atomic E-state index is 14.5. The Morgan fingerprint density at radius 3 is 2.22 bits per heavy atom. The van der Waals surface area contributed by atoms with E-state index in [4.69, 9.17) is 14.6 Å². The van der Waals surface area contributed by atoms with Crippen LogP contribution in [0.15, 0.2) is 109 Å². The largest absolute Gasteiger partial charge is 0.491 e. The quantitative estimate of drug-likeness (QED) is 0.129. The van der Waals surface area contributed by atoms with E-state index in [1.807, 2.05) is 85.9 Å². The highest BCUT2D eigenvalue weighted by atomic mass is 19.4. The van der Waals surface area contributed by atoms with E-state index < -0.39 is 23.7 Å². The van der Waals surface area contributed by atoms with E-state index in [0.29, 0.717) is 44.2 Å². The molecule has 292 valence electrons. The van der Waals surface area contributed by atoms with Crippen molar-refractivity contribution in [2.45, 2.75) is 31.7 Å². The number of amides is 2. The van der Waals surface area contributed by atoms with Crippen molar-refractivity contribution in [3.63, 3.8) is 0 Å². The van der Waals surface area contributed by atoms with Crippen LogP contribution in [0.25, 0.3) is 6.08 Å². The number of anilines is 1. The highest BCUT2D eigenvalue weighted by molar-refractivity contribution is 5.95. The normalized spacial score (nSPS) is 13.9. The molecule has 0 aromatic heterocycles. The zero-order chi connectivity index (χ0) is 39.2. The summed E-state index contributed by atoms with van der Waals surface area (Å²) in [7, 11) is 3.69. The van der Waals surface area contributed by atoms with Crippen LogP contribution < -0.4 is 9.64 Å². The number of ether oxygens (including phenoxy) is 2. The van der Waals surface area contributed by atoms with Gasteiger partial charge in [-0.2, -0.15) is 13.2 Å². The van der Waals surface area contributed by atoms with Crippen LogP contribution >= 0.6 is 0 Å².